The molecule has 0 saturated carbocycles. The average Bonchev–Trinajstić information content (AvgIpc) is 2.16. The number of aliphatic hydroxyl groups excluding tert-OH is 1. The van der Waals surface area contributed by atoms with E-state index in [1.54, 1.807) is 0 Å². The minimum absolute atomic E-state index is 0.302. The van der Waals surface area contributed by atoms with Crippen LogP contribution in [-0.2, 0) is 0 Å². The van der Waals surface area contributed by atoms with Crippen LogP contribution < -0.4 is 5.32 Å². The molecule has 0 spiro atoms. The molecule has 0 bridgehead atoms. The summed E-state index contributed by atoms with van der Waals surface area (Å²) >= 11 is 1.94. The minimum Gasteiger partial charge on any atom is -0.396 e. The van der Waals surface area contributed by atoms with Gasteiger partial charge in [0.1, 0.15) is 0 Å². The molecule has 0 aromatic rings. The summed E-state index contributed by atoms with van der Waals surface area (Å²) in [5, 5.41) is 12.8. The number of thioether (sulfide) groups is 1. The summed E-state index contributed by atoms with van der Waals surface area (Å²) < 4.78 is 0. The summed E-state index contributed by atoms with van der Waals surface area (Å²) in [4.78, 5) is 0. The molecule has 0 amide bonds. The summed E-state index contributed by atoms with van der Waals surface area (Å²) in [5.41, 5.74) is 0. The second-order valence-corrected chi connectivity index (χ2v) is 5.04. The molecule has 0 radical (unpaired) electrons. The largest absolute Gasteiger partial charge is 0.396 e. The van der Waals surface area contributed by atoms with E-state index >= 15 is 0 Å². The predicted molar refractivity (Wildman–Crippen MR) is 61.3 cm³/mol. The van der Waals surface area contributed by atoms with Crippen molar-refractivity contribution in [3.8, 4) is 0 Å². The van der Waals surface area contributed by atoms with Crippen molar-refractivity contribution >= 4 is 11.8 Å². The molecule has 80 valence electrons. The molecule has 0 aliphatic carbocycles. The molecule has 0 aliphatic heterocycles. The van der Waals surface area contributed by atoms with Gasteiger partial charge in [-0.05, 0) is 25.1 Å². The molecule has 3 heteroatoms. The van der Waals surface area contributed by atoms with Gasteiger partial charge in [0, 0.05) is 17.9 Å². The monoisotopic (exact) mass is 205 g/mol. The van der Waals surface area contributed by atoms with Gasteiger partial charge in [0.15, 0.2) is 0 Å². The molecule has 0 heterocycles. The highest BCUT2D eigenvalue weighted by Gasteiger charge is 2.14. The molecule has 2 N–H and O–H groups in total. The van der Waals surface area contributed by atoms with Gasteiger partial charge in [0.25, 0.3) is 0 Å². The van der Waals surface area contributed by atoms with Crippen LogP contribution in [0.5, 0.6) is 0 Å². The minimum atomic E-state index is 0.302. The zero-order chi connectivity index (χ0) is 10.3. The van der Waals surface area contributed by atoms with Crippen LogP contribution in [0.25, 0.3) is 0 Å². The third-order valence-corrected chi connectivity index (χ3v) is 3.95. The molecular formula is C10H23NOS. The number of nitrogens with one attached hydrogen (secondary N) is 1. The highest BCUT2D eigenvalue weighted by molar-refractivity contribution is 7.99. The first kappa shape index (κ1) is 13.3. The van der Waals surface area contributed by atoms with E-state index < -0.39 is 0 Å². The summed E-state index contributed by atoms with van der Waals surface area (Å²) in [7, 11) is 2.01. The molecule has 2 nitrogen and oxygen atoms in total. The van der Waals surface area contributed by atoms with Gasteiger partial charge in [0.2, 0.25) is 0 Å². The Balaban J connectivity index is 3.65. The lowest BCUT2D eigenvalue weighted by atomic mass is 10.2. The van der Waals surface area contributed by atoms with Gasteiger partial charge in [-0.2, -0.15) is 11.8 Å². The van der Waals surface area contributed by atoms with Crippen molar-refractivity contribution in [3.05, 3.63) is 0 Å². The number of hydrogen-bond acceptors (Lipinski definition) is 3. The predicted octanol–water partition coefficient (Wildman–Crippen LogP) is 1.73. The Morgan fingerprint density at radius 2 is 2.00 bits per heavy atom. The van der Waals surface area contributed by atoms with Crippen LogP contribution in [-0.4, -0.2) is 35.8 Å². The van der Waals surface area contributed by atoms with Crippen LogP contribution in [0.3, 0.4) is 0 Å². The van der Waals surface area contributed by atoms with Gasteiger partial charge in [-0.15, -0.1) is 0 Å². The van der Waals surface area contributed by atoms with E-state index in [9.17, 15) is 0 Å². The lowest BCUT2D eigenvalue weighted by Gasteiger charge is -2.22. The molecule has 3 unspecified atom stereocenters. The van der Waals surface area contributed by atoms with Gasteiger partial charge in [-0.1, -0.05) is 20.8 Å². The van der Waals surface area contributed by atoms with E-state index in [0.717, 1.165) is 12.2 Å². The fraction of sp³-hybridized carbons (Fsp3) is 1.00. The lowest BCUT2D eigenvalue weighted by molar-refractivity contribution is 0.250. The van der Waals surface area contributed by atoms with Crippen LogP contribution in [0.15, 0.2) is 0 Å². The van der Waals surface area contributed by atoms with Crippen molar-refractivity contribution in [2.45, 2.75) is 38.5 Å². The first-order valence-corrected chi connectivity index (χ1v) is 6.10. The molecule has 0 aromatic heterocycles. The summed E-state index contributed by atoms with van der Waals surface area (Å²) in [6.07, 6.45) is 1.16. The zero-order valence-corrected chi connectivity index (χ0v) is 10.0. The second kappa shape index (κ2) is 7.65. The fourth-order valence-electron chi connectivity index (χ4n) is 1.26. The SMILES string of the molecule is CCC(NC)C(C)SCC(C)CO. The molecular weight excluding hydrogens is 182 g/mol. The number of hydrogen-bond donors (Lipinski definition) is 2. The van der Waals surface area contributed by atoms with Crippen molar-refractivity contribution in [2.75, 3.05) is 19.4 Å². The smallest absolute Gasteiger partial charge is 0.0464 e. The molecule has 0 aromatic carbocycles. The van der Waals surface area contributed by atoms with E-state index in [0.29, 0.717) is 23.8 Å². The van der Waals surface area contributed by atoms with Crippen molar-refractivity contribution in [2.24, 2.45) is 5.92 Å². The van der Waals surface area contributed by atoms with Crippen LogP contribution in [0.4, 0.5) is 0 Å². The van der Waals surface area contributed by atoms with Crippen molar-refractivity contribution in [3.63, 3.8) is 0 Å². The standard InChI is InChI=1S/C10H23NOS/c1-5-10(11-4)9(3)13-7-8(2)6-12/h8-12H,5-7H2,1-4H3. The van der Waals surface area contributed by atoms with E-state index in [-0.39, 0.29) is 0 Å². The number of rotatable bonds is 7. The molecule has 0 saturated heterocycles. The van der Waals surface area contributed by atoms with E-state index in [4.69, 9.17) is 5.11 Å². The molecule has 0 fully saturated rings. The highest BCUT2D eigenvalue weighted by Crippen LogP contribution is 2.18. The second-order valence-electron chi connectivity index (χ2n) is 3.63. The van der Waals surface area contributed by atoms with Crippen molar-refractivity contribution < 1.29 is 5.11 Å². The third kappa shape index (κ3) is 5.55. The van der Waals surface area contributed by atoms with Crippen molar-refractivity contribution in [1.82, 2.24) is 5.32 Å². The molecule has 0 aliphatic rings. The quantitative estimate of drug-likeness (QED) is 0.664. The maximum absolute atomic E-state index is 8.87. The Hall–Kier alpha value is 0.270. The summed E-state index contributed by atoms with van der Waals surface area (Å²) in [6.45, 7) is 6.84. The van der Waals surface area contributed by atoms with Crippen LogP contribution in [0.1, 0.15) is 27.2 Å². The first-order valence-electron chi connectivity index (χ1n) is 5.05. The Labute approximate surface area is 86.5 Å². The topological polar surface area (TPSA) is 32.3 Å². The summed E-state index contributed by atoms with van der Waals surface area (Å²) in [6, 6.07) is 0.593. The lowest BCUT2D eigenvalue weighted by Crippen LogP contribution is -2.33. The van der Waals surface area contributed by atoms with Gasteiger partial charge in [0.05, 0.1) is 0 Å². The van der Waals surface area contributed by atoms with Crippen molar-refractivity contribution in [1.29, 1.82) is 0 Å². The maximum atomic E-state index is 8.87. The van der Waals surface area contributed by atoms with Crippen LogP contribution in [0.2, 0.25) is 0 Å². The molecule has 13 heavy (non-hydrogen) atoms. The third-order valence-electron chi connectivity index (χ3n) is 2.33. The summed E-state index contributed by atoms with van der Waals surface area (Å²) in [5.74, 6) is 1.47. The Morgan fingerprint density at radius 3 is 2.38 bits per heavy atom. The Bertz CT molecular complexity index is 117. The van der Waals surface area contributed by atoms with Gasteiger partial charge in [-0.25, -0.2) is 0 Å². The van der Waals surface area contributed by atoms with Gasteiger partial charge >= 0.3 is 0 Å². The Kier molecular flexibility index (Phi) is 7.81. The maximum Gasteiger partial charge on any atom is 0.0464 e. The van der Waals surface area contributed by atoms with Crippen LogP contribution in [0, 0.1) is 5.92 Å². The first-order chi connectivity index (χ1) is 6.15. The van der Waals surface area contributed by atoms with Crippen LogP contribution >= 0.6 is 11.8 Å². The molecule has 0 rings (SSSR count). The van der Waals surface area contributed by atoms with E-state index in [2.05, 4.69) is 26.1 Å². The molecule has 3 atom stereocenters. The van der Waals surface area contributed by atoms with E-state index in [1.165, 1.54) is 0 Å². The van der Waals surface area contributed by atoms with E-state index in [1.807, 2.05) is 18.8 Å². The zero-order valence-electron chi connectivity index (χ0n) is 9.21. The highest BCUT2D eigenvalue weighted by atomic mass is 32.2. The average molecular weight is 205 g/mol. The normalized spacial score (nSPS) is 18.2. The Morgan fingerprint density at radius 1 is 1.38 bits per heavy atom. The van der Waals surface area contributed by atoms with Gasteiger partial charge < -0.3 is 10.4 Å². The van der Waals surface area contributed by atoms with Gasteiger partial charge in [-0.3, -0.25) is 0 Å². The number of aliphatic hydroxyl groups is 1. The fourth-order valence-corrected chi connectivity index (χ4v) is 2.55.